The zero-order valence-corrected chi connectivity index (χ0v) is 21.0. The lowest BCUT2D eigenvalue weighted by Crippen LogP contribution is -2.34. The number of hydrogen-bond donors (Lipinski definition) is 0. The smallest absolute Gasteiger partial charge is 0.271 e. The molecule has 0 bridgehead atoms. The van der Waals surface area contributed by atoms with Crippen LogP contribution in [0, 0.1) is 0 Å². The zero-order valence-electron chi connectivity index (χ0n) is 18.5. The molecule has 0 N–H and O–H groups in total. The second-order valence-corrected chi connectivity index (χ2v) is 11.2. The molecule has 5 aromatic rings. The summed E-state index contributed by atoms with van der Waals surface area (Å²) in [5.74, 6) is 0. The summed E-state index contributed by atoms with van der Waals surface area (Å²) in [4.78, 5) is 16.9. The number of anilines is 1. The topological polar surface area (TPSA) is 29.1 Å². The second-order valence-electron chi connectivity index (χ2n) is 8.03. The highest BCUT2D eigenvalue weighted by atomic mass is 32.2. The van der Waals surface area contributed by atoms with Crippen LogP contribution in [0.3, 0.4) is 0 Å². The molecule has 0 saturated heterocycles. The fourth-order valence-corrected chi connectivity index (χ4v) is 8.09. The predicted molar refractivity (Wildman–Crippen MR) is 142 cm³/mol. The molecule has 0 aliphatic carbocycles. The van der Waals surface area contributed by atoms with E-state index in [2.05, 4.69) is 90.3 Å². The molecule has 7 heteroatoms. The first-order valence-electron chi connectivity index (χ1n) is 10.8. The minimum atomic E-state index is 0.0870. The van der Waals surface area contributed by atoms with Crippen molar-refractivity contribution in [3.8, 4) is 0 Å². The molecule has 0 fully saturated rings. The van der Waals surface area contributed by atoms with Crippen LogP contribution in [0.4, 0.5) is 5.69 Å². The van der Waals surface area contributed by atoms with Crippen LogP contribution in [0.5, 0.6) is 0 Å². The van der Waals surface area contributed by atoms with Crippen molar-refractivity contribution in [3.05, 3.63) is 85.2 Å². The number of thiazole rings is 2. The van der Waals surface area contributed by atoms with E-state index < -0.39 is 0 Å². The van der Waals surface area contributed by atoms with Gasteiger partial charge in [0.15, 0.2) is 0 Å². The van der Waals surface area contributed by atoms with E-state index in [-0.39, 0.29) is 5.56 Å². The number of rotatable bonds is 2. The van der Waals surface area contributed by atoms with Gasteiger partial charge in [0, 0.05) is 29.9 Å². The van der Waals surface area contributed by atoms with Gasteiger partial charge < -0.3 is 4.90 Å². The summed E-state index contributed by atoms with van der Waals surface area (Å²) >= 11 is 5.04. The van der Waals surface area contributed by atoms with Gasteiger partial charge >= 0.3 is 0 Å². The van der Waals surface area contributed by atoms with Gasteiger partial charge in [0.2, 0.25) is 5.52 Å². The maximum absolute atomic E-state index is 13.5. The molecule has 0 spiro atoms. The summed E-state index contributed by atoms with van der Waals surface area (Å²) in [7, 11) is 4.16. The number of thioether (sulfide) groups is 1. The van der Waals surface area contributed by atoms with E-state index >= 15 is 0 Å². The minimum absolute atomic E-state index is 0.0870. The van der Waals surface area contributed by atoms with Gasteiger partial charge in [-0.3, -0.25) is 9.36 Å². The Morgan fingerprint density at radius 1 is 1.00 bits per heavy atom. The molecule has 0 saturated carbocycles. The van der Waals surface area contributed by atoms with E-state index in [1.807, 2.05) is 11.5 Å². The maximum atomic E-state index is 13.5. The molecule has 3 heterocycles. The number of para-hydroxylation sites is 1. The highest BCUT2D eigenvalue weighted by molar-refractivity contribution is 8.08. The number of hydrogen-bond acceptors (Lipinski definition) is 5. The van der Waals surface area contributed by atoms with E-state index in [0.717, 1.165) is 19.2 Å². The van der Waals surface area contributed by atoms with Gasteiger partial charge in [-0.2, -0.15) is 4.57 Å². The van der Waals surface area contributed by atoms with E-state index in [4.69, 9.17) is 0 Å². The third-order valence-electron chi connectivity index (χ3n) is 6.15. The van der Waals surface area contributed by atoms with Crippen LogP contribution in [0.2, 0.25) is 0 Å². The van der Waals surface area contributed by atoms with Gasteiger partial charge in [-0.25, -0.2) is 0 Å². The van der Waals surface area contributed by atoms with Crippen LogP contribution in [0.1, 0.15) is 11.9 Å². The van der Waals surface area contributed by atoms with Crippen molar-refractivity contribution >= 4 is 72.2 Å². The summed E-state index contributed by atoms with van der Waals surface area (Å²) < 4.78 is 7.14. The van der Waals surface area contributed by atoms with Gasteiger partial charge in [-0.15, -0.1) is 11.3 Å². The van der Waals surface area contributed by atoms with Gasteiger partial charge in [-0.1, -0.05) is 65.6 Å². The molecule has 0 atom stereocenters. The standard InChI is InChI=1S/C26H22N3OS3/c1-4-29-22(15-21-27(2)18-11-7-8-12-19(18)31-21)33-24(25(29)30)26-28(3)23-17-10-6-5-9-16(17)13-14-20(23)32-26/h5-15H,4H2,1-3H3/q+1. The molecule has 33 heavy (non-hydrogen) atoms. The van der Waals surface area contributed by atoms with Crippen LogP contribution in [-0.2, 0) is 13.6 Å². The molecule has 1 aliphatic heterocycles. The van der Waals surface area contributed by atoms with E-state index in [1.165, 1.54) is 31.6 Å². The van der Waals surface area contributed by atoms with Gasteiger partial charge in [0.05, 0.1) is 11.8 Å². The highest BCUT2D eigenvalue weighted by Crippen LogP contribution is 2.48. The molecule has 3 aromatic carbocycles. The van der Waals surface area contributed by atoms with E-state index in [9.17, 15) is 4.79 Å². The molecule has 4 nitrogen and oxygen atoms in total. The Bertz CT molecular complexity index is 1740. The van der Waals surface area contributed by atoms with E-state index in [1.54, 1.807) is 34.4 Å². The van der Waals surface area contributed by atoms with Crippen LogP contribution in [0.25, 0.3) is 32.1 Å². The molecule has 6 rings (SSSR count). The lowest BCUT2D eigenvalue weighted by Gasteiger charge is -2.15. The summed E-state index contributed by atoms with van der Waals surface area (Å²) in [6.45, 7) is 2.69. The number of fused-ring (bicyclic) bond motifs is 4. The summed E-state index contributed by atoms with van der Waals surface area (Å²) in [5, 5.41) is 4.58. The summed E-state index contributed by atoms with van der Waals surface area (Å²) in [5.41, 5.74) is 2.48. The SMILES string of the molecule is CCn1c(=Cc2sc3ccccc3[n+]2C)sc(=C2Sc3ccc4ccccc4c3N2C)c1=O. The van der Waals surface area contributed by atoms with Crippen molar-refractivity contribution in [2.24, 2.45) is 7.05 Å². The first kappa shape index (κ1) is 20.7. The third-order valence-corrected chi connectivity index (χ3v) is 9.79. The molecular formula is C26H22N3OS3+. The second kappa shape index (κ2) is 7.87. The highest BCUT2D eigenvalue weighted by Gasteiger charge is 2.26. The first-order valence-corrected chi connectivity index (χ1v) is 13.3. The Labute approximate surface area is 203 Å². The van der Waals surface area contributed by atoms with Crippen LogP contribution in [-0.4, -0.2) is 11.6 Å². The van der Waals surface area contributed by atoms with Crippen molar-refractivity contribution in [3.63, 3.8) is 0 Å². The normalized spacial score (nSPS) is 15.7. The first-order chi connectivity index (χ1) is 16.1. The van der Waals surface area contributed by atoms with Crippen molar-refractivity contribution in [1.29, 1.82) is 0 Å². The number of aryl methyl sites for hydroxylation is 1. The Kier molecular flexibility index (Phi) is 4.94. The van der Waals surface area contributed by atoms with Crippen molar-refractivity contribution in [1.82, 2.24) is 4.57 Å². The van der Waals surface area contributed by atoms with Gasteiger partial charge in [-0.05, 0) is 24.4 Å². The molecular weight excluding hydrogens is 467 g/mol. The van der Waals surface area contributed by atoms with Gasteiger partial charge in [0.25, 0.3) is 10.6 Å². The average Bonchev–Trinajstić information content (AvgIpc) is 3.45. The van der Waals surface area contributed by atoms with Crippen molar-refractivity contribution in [2.75, 3.05) is 11.9 Å². The largest absolute Gasteiger partial charge is 0.336 e. The average molecular weight is 489 g/mol. The Morgan fingerprint density at radius 3 is 2.61 bits per heavy atom. The Morgan fingerprint density at radius 2 is 1.79 bits per heavy atom. The van der Waals surface area contributed by atoms with Crippen LogP contribution >= 0.6 is 34.4 Å². The lowest BCUT2D eigenvalue weighted by atomic mass is 10.1. The van der Waals surface area contributed by atoms with Crippen LogP contribution < -0.4 is 24.2 Å². The Hall–Kier alpha value is -2.87. The molecule has 2 aromatic heterocycles. The summed E-state index contributed by atoms with van der Waals surface area (Å²) in [6.07, 6.45) is 2.16. The summed E-state index contributed by atoms with van der Waals surface area (Å²) in [6, 6.07) is 21.2. The fraction of sp³-hybridized carbons (Fsp3) is 0.154. The number of aromatic nitrogens is 2. The van der Waals surface area contributed by atoms with Crippen molar-refractivity contribution in [2.45, 2.75) is 18.4 Å². The third kappa shape index (κ3) is 3.18. The molecule has 0 amide bonds. The zero-order chi connectivity index (χ0) is 22.7. The van der Waals surface area contributed by atoms with Crippen LogP contribution in [0.15, 0.2) is 70.4 Å². The lowest BCUT2D eigenvalue weighted by molar-refractivity contribution is -0.642. The van der Waals surface area contributed by atoms with Gasteiger partial charge in [0.1, 0.15) is 26.0 Å². The van der Waals surface area contributed by atoms with E-state index in [0.29, 0.717) is 6.54 Å². The molecule has 1 aliphatic rings. The monoisotopic (exact) mass is 488 g/mol. The fourth-order valence-electron chi connectivity index (χ4n) is 4.46. The Balaban J connectivity index is 1.57. The maximum Gasteiger partial charge on any atom is 0.271 e. The number of benzene rings is 3. The minimum Gasteiger partial charge on any atom is -0.336 e. The molecule has 0 unspecified atom stereocenters. The number of nitrogens with zero attached hydrogens (tertiary/aromatic N) is 3. The predicted octanol–water partition coefficient (Wildman–Crippen LogP) is 4.26. The molecule has 164 valence electrons. The molecule has 0 radical (unpaired) electrons. The quantitative estimate of drug-likeness (QED) is 0.348. The van der Waals surface area contributed by atoms with Crippen molar-refractivity contribution < 1.29 is 4.57 Å².